The molecule has 1 aromatic carbocycles. The van der Waals surface area contributed by atoms with E-state index in [1.165, 1.54) is 0 Å². The largest absolute Gasteiger partial charge is 0.399 e. The van der Waals surface area contributed by atoms with Crippen LogP contribution in [-0.2, 0) is 6.42 Å². The molecular formula is C10H14N2O. The molecule has 1 aromatic rings. The van der Waals surface area contributed by atoms with Crippen LogP contribution in [0.3, 0.4) is 0 Å². The van der Waals surface area contributed by atoms with E-state index in [0.29, 0.717) is 11.3 Å². The lowest BCUT2D eigenvalue weighted by Crippen LogP contribution is -2.13. The van der Waals surface area contributed by atoms with Crippen LogP contribution < -0.4 is 11.5 Å². The first-order valence-corrected chi connectivity index (χ1v) is 4.33. The van der Waals surface area contributed by atoms with Crippen LogP contribution in [0.2, 0.25) is 0 Å². The highest BCUT2D eigenvalue weighted by Gasteiger charge is 2.06. The molecule has 1 amide bonds. The summed E-state index contributed by atoms with van der Waals surface area (Å²) in [5.74, 6) is -0.386. The van der Waals surface area contributed by atoms with E-state index in [9.17, 15) is 4.79 Å². The lowest BCUT2D eigenvalue weighted by Gasteiger charge is -2.05. The molecule has 3 heteroatoms. The Morgan fingerprint density at radius 1 is 1.46 bits per heavy atom. The van der Waals surface area contributed by atoms with Crippen molar-refractivity contribution in [2.75, 3.05) is 5.73 Å². The summed E-state index contributed by atoms with van der Waals surface area (Å²) in [6, 6.07) is 5.19. The van der Waals surface area contributed by atoms with Gasteiger partial charge in [0.25, 0.3) is 0 Å². The van der Waals surface area contributed by atoms with Gasteiger partial charge in [0, 0.05) is 11.3 Å². The molecule has 0 aliphatic carbocycles. The zero-order valence-electron chi connectivity index (χ0n) is 7.71. The number of nitrogen functional groups attached to an aromatic ring is 1. The van der Waals surface area contributed by atoms with Crippen molar-refractivity contribution >= 4 is 11.6 Å². The van der Waals surface area contributed by atoms with Crippen LogP contribution in [0.4, 0.5) is 5.69 Å². The average molecular weight is 178 g/mol. The third kappa shape index (κ3) is 2.21. The molecule has 3 nitrogen and oxygen atoms in total. The van der Waals surface area contributed by atoms with Crippen molar-refractivity contribution in [1.82, 2.24) is 0 Å². The summed E-state index contributed by atoms with van der Waals surface area (Å²) in [5, 5.41) is 0. The molecule has 0 heterocycles. The summed E-state index contributed by atoms with van der Waals surface area (Å²) in [6.07, 6.45) is 1.81. The molecule has 0 aliphatic rings. The van der Waals surface area contributed by atoms with Gasteiger partial charge in [-0.15, -0.1) is 0 Å². The second-order valence-electron chi connectivity index (χ2n) is 3.03. The molecule has 0 fully saturated rings. The van der Waals surface area contributed by atoms with Gasteiger partial charge in [0.2, 0.25) is 5.91 Å². The summed E-state index contributed by atoms with van der Waals surface area (Å²) in [4.78, 5) is 11.0. The van der Waals surface area contributed by atoms with Crippen molar-refractivity contribution in [3.8, 4) is 0 Å². The maximum absolute atomic E-state index is 11.0. The fraction of sp³-hybridized carbons (Fsp3) is 0.300. The van der Waals surface area contributed by atoms with Gasteiger partial charge in [-0.25, -0.2) is 0 Å². The number of rotatable bonds is 3. The predicted molar refractivity (Wildman–Crippen MR) is 53.4 cm³/mol. The van der Waals surface area contributed by atoms with Crippen LogP contribution in [0.25, 0.3) is 0 Å². The van der Waals surface area contributed by atoms with Crippen LogP contribution in [0.5, 0.6) is 0 Å². The van der Waals surface area contributed by atoms with E-state index in [2.05, 4.69) is 0 Å². The molecule has 0 spiro atoms. The highest BCUT2D eigenvalue weighted by molar-refractivity contribution is 5.94. The molecule has 0 saturated heterocycles. The number of hydrogen-bond acceptors (Lipinski definition) is 2. The molecule has 1 rings (SSSR count). The first-order valence-electron chi connectivity index (χ1n) is 4.33. The second kappa shape index (κ2) is 3.94. The van der Waals surface area contributed by atoms with Gasteiger partial charge in [0.1, 0.15) is 0 Å². The van der Waals surface area contributed by atoms with Gasteiger partial charge >= 0.3 is 0 Å². The highest BCUT2D eigenvalue weighted by Crippen LogP contribution is 2.14. The molecule has 0 aliphatic heterocycles. The number of amides is 1. The number of aryl methyl sites for hydroxylation is 1. The van der Waals surface area contributed by atoms with E-state index in [1.807, 2.05) is 13.0 Å². The van der Waals surface area contributed by atoms with Gasteiger partial charge in [-0.1, -0.05) is 13.3 Å². The van der Waals surface area contributed by atoms with E-state index in [4.69, 9.17) is 11.5 Å². The molecule has 0 unspecified atom stereocenters. The van der Waals surface area contributed by atoms with Crippen LogP contribution in [-0.4, -0.2) is 5.91 Å². The third-order valence-corrected chi connectivity index (χ3v) is 1.91. The monoisotopic (exact) mass is 178 g/mol. The number of carbonyl (C=O) groups is 1. The maximum atomic E-state index is 11.0. The summed E-state index contributed by atoms with van der Waals surface area (Å²) < 4.78 is 0. The van der Waals surface area contributed by atoms with Gasteiger partial charge in [0.15, 0.2) is 0 Å². The number of hydrogen-bond donors (Lipinski definition) is 2. The number of anilines is 1. The standard InChI is InChI=1S/C10H14N2O/c1-2-3-7-6-8(11)4-5-9(7)10(12)13/h4-6H,2-3,11H2,1H3,(H2,12,13). The van der Waals surface area contributed by atoms with Gasteiger partial charge in [-0.2, -0.15) is 0 Å². The van der Waals surface area contributed by atoms with Crippen molar-refractivity contribution in [2.45, 2.75) is 19.8 Å². The lowest BCUT2D eigenvalue weighted by molar-refractivity contribution is 0.0999. The van der Waals surface area contributed by atoms with Crippen molar-refractivity contribution in [2.24, 2.45) is 5.73 Å². The summed E-state index contributed by atoms with van der Waals surface area (Å²) in [6.45, 7) is 2.05. The van der Waals surface area contributed by atoms with Crippen molar-refractivity contribution in [3.05, 3.63) is 29.3 Å². The Kier molecular flexibility index (Phi) is 2.90. The van der Waals surface area contributed by atoms with E-state index in [-0.39, 0.29) is 5.91 Å². The Labute approximate surface area is 77.7 Å². The maximum Gasteiger partial charge on any atom is 0.248 e. The number of primary amides is 1. The minimum absolute atomic E-state index is 0.386. The van der Waals surface area contributed by atoms with Gasteiger partial charge in [0.05, 0.1) is 0 Å². The summed E-state index contributed by atoms with van der Waals surface area (Å²) in [5.41, 5.74) is 13.0. The Bertz CT molecular complexity index is 321. The van der Waals surface area contributed by atoms with E-state index in [1.54, 1.807) is 12.1 Å². The molecule has 0 atom stereocenters. The SMILES string of the molecule is CCCc1cc(N)ccc1C(N)=O. The normalized spacial score (nSPS) is 9.92. The lowest BCUT2D eigenvalue weighted by atomic mass is 10.0. The zero-order valence-corrected chi connectivity index (χ0v) is 7.71. The minimum atomic E-state index is -0.386. The first kappa shape index (κ1) is 9.58. The van der Waals surface area contributed by atoms with Gasteiger partial charge in [-0.05, 0) is 30.2 Å². The fourth-order valence-corrected chi connectivity index (χ4v) is 1.33. The molecule has 0 radical (unpaired) electrons. The zero-order chi connectivity index (χ0) is 9.84. The van der Waals surface area contributed by atoms with Gasteiger partial charge < -0.3 is 11.5 Å². The highest BCUT2D eigenvalue weighted by atomic mass is 16.1. The van der Waals surface area contributed by atoms with E-state index in [0.717, 1.165) is 18.4 Å². The third-order valence-electron chi connectivity index (χ3n) is 1.91. The molecule has 0 aromatic heterocycles. The molecule has 0 saturated carbocycles. The van der Waals surface area contributed by atoms with Crippen LogP contribution in [0.15, 0.2) is 18.2 Å². The van der Waals surface area contributed by atoms with Crippen molar-refractivity contribution in [1.29, 1.82) is 0 Å². The average Bonchev–Trinajstić information content (AvgIpc) is 2.04. The molecular weight excluding hydrogens is 164 g/mol. The number of carbonyl (C=O) groups excluding carboxylic acids is 1. The minimum Gasteiger partial charge on any atom is -0.399 e. The van der Waals surface area contributed by atoms with Crippen LogP contribution in [0, 0.1) is 0 Å². The summed E-state index contributed by atoms with van der Waals surface area (Å²) in [7, 11) is 0. The first-order chi connectivity index (χ1) is 6.15. The Hall–Kier alpha value is -1.51. The quantitative estimate of drug-likeness (QED) is 0.685. The molecule has 70 valence electrons. The summed E-state index contributed by atoms with van der Waals surface area (Å²) >= 11 is 0. The van der Waals surface area contributed by atoms with Gasteiger partial charge in [-0.3, -0.25) is 4.79 Å². The number of nitrogens with two attached hydrogens (primary N) is 2. The topological polar surface area (TPSA) is 69.1 Å². The predicted octanol–water partition coefficient (Wildman–Crippen LogP) is 1.32. The number of benzene rings is 1. The molecule has 0 bridgehead atoms. The van der Waals surface area contributed by atoms with Crippen LogP contribution >= 0.6 is 0 Å². The Morgan fingerprint density at radius 2 is 2.15 bits per heavy atom. The van der Waals surface area contributed by atoms with Crippen molar-refractivity contribution in [3.63, 3.8) is 0 Å². The van der Waals surface area contributed by atoms with Crippen LogP contribution in [0.1, 0.15) is 29.3 Å². The van der Waals surface area contributed by atoms with E-state index >= 15 is 0 Å². The Morgan fingerprint density at radius 3 is 2.69 bits per heavy atom. The smallest absolute Gasteiger partial charge is 0.248 e. The van der Waals surface area contributed by atoms with E-state index < -0.39 is 0 Å². The second-order valence-corrected chi connectivity index (χ2v) is 3.03. The fourth-order valence-electron chi connectivity index (χ4n) is 1.33. The van der Waals surface area contributed by atoms with Crippen molar-refractivity contribution < 1.29 is 4.79 Å². The molecule has 4 N–H and O–H groups in total. The Balaban J connectivity index is 3.10. The molecule has 13 heavy (non-hydrogen) atoms.